The molecule has 0 bridgehead atoms. The monoisotopic (exact) mass is 463 g/mol. The summed E-state index contributed by atoms with van der Waals surface area (Å²) in [6.45, 7) is 0. The highest BCUT2D eigenvalue weighted by Crippen LogP contribution is 2.28. The second-order valence-electron chi connectivity index (χ2n) is 6.82. The zero-order valence-corrected chi connectivity index (χ0v) is 17.4. The van der Waals surface area contributed by atoms with Crippen LogP contribution in [0.3, 0.4) is 0 Å². The maximum Gasteiger partial charge on any atom is 0.274 e. The van der Waals surface area contributed by atoms with Crippen molar-refractivity contribution < 1.29 is 14.8 Å². The van der Waals surface area contributed by atoms with Crippen LogP contribution >= 0.6 is 15.9 Å². The number of halogens is 1. The van der Waals surface area contributed by atoms with Crippen molar-refractivity contribution in [3.8, 4) is 11.1 Å². The number of amides is 2. The lowest BCUT2D eigenvalue weighted by atomic mass is 10.0. The summed E-state index contributed by atoms with van der Waals surface area (Å²) in [6, 6.07) is 20.5. The Morgan fingerprint density at radius 2 is 1.63 bits per heavy atom. The van der Waals surface area contributed by atoms with Gasteiger partial charge >= 0.3 is 0 Å². The molecule has 0 aliphatic carbocycles. The molecule has 30 heavy (non-hydrogen) atoms. The Balaban J connectivity index is 1.51. The van der Waals surface area contributed by atoms with Crippen molar-refractivity contribution >= 4 is 44.3 Å². The number of aromatic nitrogens is 1. The number of anilines is 1. The number of hydroxylamine groups is 1. The van der Waals surface area contributed by atoms with E-state index in [0.29, 0.717) is 11.3 Å². The summed E-state index contributed by atoms with van der Waals surface area (Å²) in [5, 5.41) is 12.5. The molecule has 1 heterocycles. The predicted molar refractivity (Wildman–Crippen MR) is 119 cm³/mol. The van der Waals surface area contributed by atoms with Crippen molar-refractivity contribution in [3.05, 3.63) is 88.5 Å². The minimum atomic E-state index is -0.603. The molecule has 0 radical (unpaired) electrons. The smallest absolute Gasteiger partial charge is 0.274 e. The van der Waals surface area contributed by atoms with Crippen LogP contribution in [-0.2, 0) is 11.2 Å². The van der Waals surface area contributed by atoms with E-state index in [4.69, 9.17) is 5.21 Å². The summed E-state index contributed by atoms with van der Waals surface area (Å²) >= 11 is 3.45. The molecule has 0 aliphatic heterocycles. The Morgan fingerprint density at radius 1 is 0.933 bits per heavy atom. The van der Waals surface area contributed by atoms with E-state index >= 15 is 0 Å². The lowest BCUT2D eigenvalue weighted by Crippen LogP contribution is -2.18. The van der Waals surface area contributed by atoms with Crippen LogP contribution in [0.4, 0.5) is 5.69 Å². The van der Waals surface area contributed by atoms with Crippen molar-refractivity contribution in [3.63, 3.8) is 0 Å². The maximum absolute atomic E-state index is 12.5. The Kier molecular flexibility index (Phi) is 5.65. The molecule has 0 saturated heterocycles. The van der Waals surface area contributed by atoms with Crippen molar-refractivity contribution in [2.75, 3.05) is 5.32 Å². The van der Waals surface area contributed by atoms with Gasteiger partial charge < -0.3 is 10.3 Å². The molecule has 0 fully saturated rings. The number of hydrogen-bond donors (Lipinski definition) is 4. The molecule has 150 valence electrons. The average molecular weight is 464 g/mol. The number of fused-ring (bicyclic) bond motifs is 1. The highest BCUT2D eigenvalue weighted by Gasteiger charge is 2.11. The third-order valence-corrected chi connectivity index (χ3v) is 5.36. The zero-order chi connectivity index (χ0) is 21.1. The largest absolute Gasteiger partial charge is 0.361 e. The summed E-state index contributed by atoms with van der Waals surface area (Å²) in [4.78, 5) is 27.1. The molecular weight excluding hydrogens is 446 g/mol. The van der Waals surface area contributed by atoms with Crippen LogP contribution in [0.5, 0.6) is 0 Å². The van der Waals surface area contributed by atoms with Gasteiger partial charge in [-0.2, -0.15) is 0 Å². The number of nitrogens with one attached hydrogen (secondary N) is 3. The molecule has 4 rings (SSSR count). The Morgan fingerprint density at radius 3 is 2.33 bits per heavy atom. The van der Waals surface area contributed by atoms with Crippen LogP contribution in [0, 0.1) is 0 Å². The highest BCUT2D eigenvalue weighted by molar-refractivity contribution is 9.10. The lowest BCUT2D eigenvalue weighted by molar-refractivity contribution is -0.115. The van der Waals surface area contributed by atoms with Gasteiger partial charge in [0.2, 0.25) is 5.91 Å². The summed E-state index contributed by atoms with van der Waals surface area (Å²) < 4.78 is 1.02. The van der Waals surface area contributed by atoms with Crippen molar-refractivity contribution in [1.82, 2.24) is 10.5 Å². The van der Waals surface area contributed by atoms with Gasteiger partial charge in [0.1, 0.15) is 0 Å². The van der Waals surface area contributed by atoms with Gasteiger partial charge in [0, 0.05) is 32.8 Å². The quantitative estimate of drug-likeness (QED) is 0.250. The summed E-state index contributed by atoms with van der Waals surface area (Å²) in [5.41, 5.74) is 6.50. The first-order valence-corrected chi connectivity index (χ1v) is 10.0. The predicted octanol–water partition coefficient (Wildman–Crippen LogP) is 4.90. The van der Waals surface area contributed by atoms with Gasteiger partial charge in [-0.3, -0.25) is 14.8 Å². The second kappa shape index (κ2) is 8.52. The fraction of sp³-hybridized carbons (Fsp3) is 0.0435. The minimum Gasteiger partial charge on any atom is -0.361 e. The van der Waals surface area contributed by atoms with E-state index in [1.165, 1.54) is 12.1 Å². The molecule has 0 spiro atoms. The number of benzene rings is 3. The maximum atomic E-state index is 12.5. The van der Waals surface area contributed by atoms with Crippen LogP contribution in [0.1, 0.15) is 15.9 Å². The highest BCUT2D eigenvalue weighted by atomic mass is 79.9. The zero-order valence-electron chi connectivity index (χ0n) is 15.8. The number of hydrogen-bond acceptors (Lipinski definition) is 3. The molecule has 0 unspecified atom stereocenters. The molecule has 2 amide bonds. The van der Waals surface area contributed by atoms with E-state index in [0.717, 1.165) is 32.1 Å². The SMILES string of the molecule is O=C(Cc1c[nH]c2ccc(-c3ccc(Br)cc3)cc12)Nc1ccc(C(=O)NO)cc1. The number of rotatable bonds is 5. The fourth-order valence-electron chi connectivity index (χ4n) is 3.29. The van der Waals surface area contributed by atoms with Gasteiger partial charge in [0.25, 0.3) is 5.91 Å². The average Bonchev–Trinajstić information content (AvgIpc) is 3.16. The first kappa shape index (κ1) is 19.9. The molecule has 0 aliphatic rings. The number of H-pyrrole nitrogens is 1. The van der Waals surface area contributed by atoms with E-state index < -0.39 is 5.91 Å². The van der Waals surface area contributed by atoms with Gasteiger partial charge in [0.15, 0.2) is 0 Å². The molecule has 4 N–H and O–H groups in total. The van der Waals surface area contributed by atoms with Crippen LogP contribution in [-0.4, -0.2) is 22.0 Å². The van der Waals surface area contributed by atoms with E-state index in [1.807, 2.05) is 36.5 Å². The fourth-order valence-corrected chi connectivity index (χ4v) is 3.56. The first-order chi connectivity index (χ1) is 14.5. The van der Waals surface area contributed by atoms with Crippen molar-refractivity contribution in [1.29, 1.82) is 0 Å². The topological polar surface area (TPSA) is 94.2 Å². The van der Waals surface area contributed by atoms with E-state index in [1.54, 1.807) is 17.6 Å². The summed E-state index contributed by atoms with van der Waals surface area (Å²) in [5.74, 6) is -0.766. The number of carbonyl (C=O) groups is 2. The van der Waals surface area contributed by atoms with E-state index in [2.05, 4.69) is 38.4 Å². The molecule has 0 atom stereocenters. The Bertz CT molecular complexity index is 1210. The molecule has 3 aromatic carbocycles. The van der Waals surface area contributed by atoms with E-state index in [9.17, 15) is 9.59 Å². The van der Waals surface area contributed by atoms with Crippen LogP contribution in [0.25, 0.3) is 22.0 Å². The molecule has 6 nitrogen and oxygen atoms in total. The van der Waals surface area contributed by atoms with E-state index in [-0.39, 0.29) is 12.3 Å². The third kappa shape index (κ3) is 4.27. The second-order valence-corrected chi connectivity index (χ2v) is 7.74. The summed E-state index contributed by atoms with van der Waals surface area (Å²) in [7, 11) is 0. The number of carbonyl (C=O) groups excluding carboxylic acids is 2. The van der Waals surface area contributed by atoms with Crippen LogP contribution in [0.15, 0.2) is 77.4 Å². The van der Waals surface area contributed by atoms with Crippen molar-refractivity contribution in [2.24, 2.45) is 0 Å². The van der Waals surface area contributed by atoms with Gasteiger partial charge in [-0.25, -0.2) is 5.48 Å². The van der Waals surface area contributed by atoms with Gasteiger partial charge in [-0.1, -0.05) is 34.1 Å². The lowest BCUT2D eigenvalue weighted by Gasteiger charge is -2.07. The van der Waals surface area contributed by atoms with Crippen LogP contribution in [0.2, 0.25) is 0 Å². The Labute approximate surface area is 181 Å². The van der Waals surface area contributed by atoms with Gasteiger partial charge in [-0.05, 0) is 65.2 Å². The van der Waals surface area contributed by atoms with Crippen LogP contribution < -0.4 is 10.8 Å². The summed E-state index contributed by atoms with van der Waals surface area (Å²) in [6.07, 6.45) is 2.06. The molecular formula is C23H18BrN3O3. The molecule has 4 aromatic rings. The molecule has 7 heteroatoms. The van der Waals surface area contributed by atoms with Gasteiger partial charge in [0.05, 0.1) is 6.42 Å². The molecule has 0 saturated carbocycles. The number of aromatic amines is 1. The van der Waals surface area contributed by atoms with Gasteiger partial charge in [-0.15, -0.1) is 0 Å². The minimum absolute atomic E-state index is 0.163. The third-order valence-electron chi connectivity index (χ3n) is 4.83. The van der Waals surface area contributed by atoms with Crippen molar-refractivity contribution in [2.45, 2.75) is 6.42 Å². The first-order valence-electron chi connectivity index (χ1n) is 9.24. The Hall–Kier alpha value is -3.42. The normalized spacial score (nSPS) is 10.7. The standard InChI is InChI=1S/C23H18BrN3O3/c24-18-6-1-14(2-7-18)16-5-10-21-20(11-16)17(13-25-21)12-22(28)26-19-8-3-15(4-9-19)23(29)27-30/h1-11,13,25,30H,12H2,(H,26,28)(H,27,29). The molecule has 1 aromatic heterocycles.